The van der Waals surface area contributed by atoms with Gasteiger partial charge in [0.2, 0.25) is 0 Å². The molecule has 0 spiro atoms. The lowest BCUT2D eigenvalue weighted by Crippen LogP contribution is -2.38. The number of hydrogen-bond donors (Lipinski definition) is 2. The van der Waals surface area contributed by atoms with Gasteiger partial charge >= 0.3 is 0 Å². The summed E-state index contributed by atoms with van der Waals surface area (Å²) >= 11 is 5.28. The molecule has 1 aliphatic carbocycles. The molecule has 0 saturated heterocycles. The molecular weight excluding hydrogens is 362 g/mol. The highest BCUT2D eigenvalue weighted by Gasteiger charge is 2.20. The van der Waals surface area contributed by atoms with Crippen molar-refractivity contribution in [1.29, 1.82) is 0 Å². The molecule has 0 aliphatic heterocycles. The number of thiophene rings is 1. The fourth-order valence-corrected chi connectivity index (χ4v) is 3.51. The Kier molecular flexibility index (Phi) is 8.26. The standard InChI is InChI=1S/C16H26BrN3OS/c1-2-18-16(19-9-3-11-21-12-13-4-5-13)20-10-8-14-6-7-15(17)22-14/h6-7,13H,2-5,8-12H2,1H3,(H2,18,19,20). The van der Waals surface area contributed by atoms with E-state index in [2.05, 4.69) is 50.6 Å². The fraction of sp³-hybridized carbons (Fsp3) is 0.688. The second-order valence-electron chi connectivity index (χ2n) is 5.52. The van der Waals surface area contributed by atoms with Gasteiger partial charge in [-0.1, -0.05) is 0 Å². The quantitative estimate of drug-likeness (QED) is 0.367. The lowest BCUT2D eigenvalue weighted by Gasteiger charge is -2.10. The van der Waals surface area contributed by atoms with E-state index in [-0.39, 0.29) is 0 Å². The SMILES string of the molecule is CCNC(=NCCCOCC1CC1)NCCc1ccc(Br)s1. The van der Waals surface area contributed by atoms with Crippen molar-refractivity contribution in [1.82, 2.24) is 10.6 Å². The summed E-state index contributed by atoms with van der Waals surface area (Å²) in [4.78, 5) is 5.97. The number of guanidine groups is 1. The van der Waals surface area contributed by atoms with Gasteiger partial charge in [0.25, 0.3) is 0 Å². The maximum atomic E-state index is 5.63. The Bertz CT molecular complexity index is 460. The van der Waals surface area contributed by atoms with Gasteiger partial charge in [0.1, 0.15) is 0 Å². The Labute approximate surface area is 145 Å². The van der Waals surface area contributed by atoms with Crippen LogP contribution in [0, 0.1) is 5.92 Å². The Morgan fingerprint density at radius 1 is 1.41 bits per heavy atom. The molecule has 0 aromatic carbocycles. The average Bonchev–Trinajstić information content (AvgIpc) is 3.24. The van der Waals surface area contributed by atoms with Crippen molar-refractivity contribution >= 4 is 33.2 Å². The van der Waals surface area contributed by atoms with E-state index in [1.54, 1.807) is 11.3 Å². The number of ether oxygens (including phenoxy) is 1. The van der Waals surface area contributed by atoms with Crippen LogP contribution in [-0.4, -0.2) is 38.8 Å². The maximum absolute atomic E-state index is 5.63. The van der Waals surface area contributed by atoms with Gasteiger partial charge in [-0.15, -0.1) is 11.3 Å². The molecule has 6 heteroatoms. The summed E-state index contributed by atoms with van der Waals surface area (Å²) in [5.74, 6) is 1.75. The van der Waals surface area contributed by atoms with Crippen LogP contribution in [0.25, 0.3) is 0 Å². The summed E-state index contributed by atoms with van der Waals surface area (Å²) in [7, 11) is 0. The number of halogens is 1. The molecule has 1 heterocycles. The molecule has 4 nitrogen and oxygen atoms in total. The Hall–Kier alpha value is -0.590. The molecule has 1 aliphatic rings. The fourth-order valence-electron chi connectivity index (χ4n) is 2.02. The van der Waals surface area contributed by atoms with Gasteiger partial charge in [-0.3, -0.25) is 4.99 Å². The summed E-state index contributed by atoms with van der Waals surface area (Å²) in [5.41, 5.74) is 0. The van der Waals surface area contributed by atoms with Crippen molar-refractivity contribution in [2.45, 2.75) is 32.6 Å². The highest BCUT2D eigenvalue weighted by atomic mass is 79.9. The van der Waals surface area contributed by atoms with Crippen LogP contribution in [0.2, 0.25) is 0 Å². The minimum absolute atomic E-state index is 0.810. The van der Waals surface area contributed by atoms with Crippen molar-refractivity contribution in [2.24, 2.45) is 10.9 Å². The predicted molar refractivity (Wildman–Crippen MR) is 97.9 cm³/mol. The van der Waals surface area contributed by atoms with Crippen LogP contribution in [0.1, 0.15) is 31.1 Å². The molecular formula is C16H26BrN3OS. The normalized spacial score (nSPS) is 15.1. The monoisotopic (exact) mass is 387 g/mol. The first-order valence-corrected chi connectivity index (χ1v) is 9.73. The molecule has 2 N–H and O–H groups in total. The van der Waals surface area contributed by atoms with Crippen molar-refractivity contribution in [3.05, 3.63) is 20.8 Å². The summed E-state index contributed by atoms with van der Waals surface area (Å²) in [6.45, 7) is 6.45. The van der Waals surface area contributed by atoms with E-state index < -0.39 is 0 Å². The predicted octanol–water partition coefficient (Wildman–Crippen LogP) is 3.42. The van der Waals surface area contributed by atoms with Gasteiger partial charge in [0, 0.05) is 37.7 Å². The molecule has 1 fully saturated rings. The molecule has 1 aromatic heterocycles. The van der Waals surface area contributed by atoms with E-state index in [1.165, 1.54) is 21.5 Å². The minimum Gasteiger partial charge on any atom is -0.381 e. The first kappa shape index (κ1) is 17.8. The summed E-state index contributed by atoms with van der Waals surface area (Å²) < 4.78 is 6.82. The van der Waals surface area contributed by atoms with E-state index in [9.17, 15) is 0 Å². The molecule has 0 radical (unpaired) electrons. The molecule has 1 aromatic rings. The van der Waals surface area contributed by atoms with E-state index in [0.29, 0.717) is 0 Å². The van der Waals surface area contributed by atoms with Crippen LogP contribution in [0.4, 0.5) is 0 Å². The van der Waals surface area contributed by atoms with Crippen LogP contribution in [0.3, 0.4) is 0 Å². The first-order chi connectivity index (χ1) is 10.8. The van der Waals surface area contributed by atoms with Crippen LogP contribution < -0.4 is 10.6 Å². The number of aliphatic imine (C=N–C) groups is 1. The molecule has 0 unspecified atom stereocenters. The average molecular weight is 388 g/mol. The van der Waals surface area contributed by atoms with Crippen molar-refractivity contribution in [3.63, 3.8) is 0 Å². The van der Waals surface area contributed by atoms with Gasteiger partial charge in [-0.05, 0) is 66.6 Å². The molecule has 22 heavy (non-hydrogen) atoms. The van der Waals surface area contributed by atoms with Crippen molar-refractivity contribution < 1.29 is 4.74 Å². The summed E-state index contributed by atoms with van der Waals surface area (Å²) in [6.07, 6.45) is 4.72. The zero-order chi connectivity index (χ0) is 15.6. The number of nitrogens with one attached hydrogen (secondary N) is 2. The maximum Gasteiger partial charge on any atom is 0.191 e. The van der Waals surface area contributed by atoms with Gasteiger partial charge in [-0.25, -0.2) is 0 Å². The van der Waals surface area contributed by atoms with Crippen LogP contribution in [0.15, 0.2) is 20.9 Å². The highest BCUT2D eigenvalue weighted by Crippen LogP contribution is 2.28. The Morgan fingerprint density at radius 3 is 2.95 bits per heavy atom. The third kappa shape index (κ3) is 7.61. The lowest BCUT2D eigenvalue weighted by molar-refractivity contribution is 0.123. The summed E-state index contributed by atoms with van der Waals surface area (Å²) in [6, 6.07) is 4.26. The molecule has 0 atom stereocenters. The second-order valence-corrected chi connectivity index (χ2v) is 8.06. The first-order valence-electron chi connectivity index (χ1n) is 8.12. The van der Waals surface area contributed by atoms with E-state index in [0.717, 1.165) is 57.6 Å². The van der Waals surface area contributed by atoms with Crippen LogP contribution >= 0.6 is 27.3 Å². The largest absolute Gasteiger partial charge is 0.381 e. The van der Waals surface area contributed by atoms with Crippen molar-refractivity contribution in [3.8, 4) is 0 Å². The summed E-state index contributed by atoms with van der Waals surface area (Å²) in [5, 5.41) is 6.67. The number of rotatable bonds is 10. The van der Waals surface area contributed by atoms with Crippen LogP contribution in [-0.2, 0) is 11.2 Å². The molecule has 2 rings (SSSR count). The van der Waals surface area contributed by atoms with Gasteiger partial charge in [0.05, 0.1) is 3.79 Å². The second kappa shape index (κ2) is 10.2. The van der Waals surface area contributed by atoms with Crippen LogP contribution in [0.5, 0.6) is 0 Å². The number of nitrogens with zero attached hydrogens (tertiary/aromatic N) is 1. The third-order valence-electron chi connectivity index (χ3n) is 3.40. The number of hydrogen-bond acceptors (Lipinski definition) is 3. The molecule has 124 valence electrons. The zero-order valence-electron chi connectivity index (χ0n) is 13.2. The molecule has 0 amide bonds. The Balaban J connectivity index is 1.58. The molecule has 1 saturated carbocycles. The third-order valence-corrected chi connectivity index (χ3v) is 5.09. The van der Waals surface area contributed by atoms with E-state index in [4.69, 9.17) is 4.74 Å². The Morgan fingerprint density at radius 2 is 2.27 bits per heavy atom. The van der Waals surface area contributed by atoms with E-state index in [1.807, 2.05) is 0 Å². The minimum atomic E-state index is 0.810. The lowest BCUT2D eigenvalue weighted by atomic mass is 10.3. The van der Waals surface area contributed by atoms with Gasteiger partial charge in [-0.2, -0.15) is 0 Å². The van der Waals surface area contributed by atoms with Crippen molar-refractivity contribution in [2.75, 3.05) is 32.8 Å². The smallest absolute Gasteiger partial charge is 0.191 e. The van der Waals surface area contributed by atoms with Gasteiger partial charge < -0.3 is 15.4 Å². The highest BCUT2D eigenvalue weighted by molar-refractivity contribution is 9.11. The van der Waals surface area contributed by atoms with E-state index >= 15 is 0 Å². The molecule has 0 bridgehead atoms. The zero-order valence-corrected chi connectivity index (χ0v) is 15.6. The van der Waals surface area contributed by atoms with Gasteiger partial charge in [0.15, 0.2) is 5.96 Å². The topological polar surface area (TPSA) is 45.7 Å².